The maximum absolute atomic E-state index is 5.68. The molecule has 0 aliphatic rings. The molecule has 1 aromatic rings. The maximum atomic E-state index is 5.68. The fraction of sp³-hybridized carbons (Fsp3) is 0.375. The Kier molecular flexibility index (Phi) is 7.44. The van der Waals surface area contributed by atoms with Crippen molar-refractivity contribution >= 4 is 0 Å². The summed E-state index contributed by atoms with van der Waals surface area (Å²) in [7, 11) is 1.66. The van der Waals surface area contributed by atoms with Crippen molar-refractivity contribution in [3.05, 3.63) is 49.6 Å². The van der Waals surface area contributed by atoms with Crippen molar-refractivity contribution in [1.82, 2.24) is 4.90 Å². The first-order chi connectivity index (χ1) is 9.30. The molecule has 3 heteroatoms. The molecule has 0 saturated heterocycles. The lowest BCUT2D eigenvalue weighted by molar-refractivity contribution is 0.262. The van der Waals surface area contributed by atoms with Gasteiger partial charge in [0.15, 0.2) is 0 Å². The van der Waals surface area contributed by atoms with E-state index < -0.39 is 0 Å². The summed E-state index contributed by atoms with van der Waals surface area (Å²) >= 11 is 0. The van der Waals surface area contributed by atoms with Crippen LogP contribution in [-0.4, -0.2) is 38.3 Å². The molecular formula is C16H23NO2. The van der Waals surface area contributed by atoms with E-state index in [2.05, 4.69) is 18.1 Å². The van der Waals surface area contributed by atoms with Gasteiger partial charge in [-0.2, -0.15) is 0 Å². The standard InChI is InChI=1S/C16H23NO2/c1-4-11-17(12-5-2)13-6-14-19-16-9-7-15(18-3)8-10-16/h4-5,7-10H,1-2,6,11-14H2,3H3. The lowest BCUT2D eigenvalue weighted by Gasteiger charge is -2.18. The molecule has 0 unspecified atom stereocenters. The molecule has 0 radical (unpaired) electrons. The van der Waals surface area contributed by atoms with Gasteiger partial charge in [-0.05, 0) is 30.7 Å². The van der Waals surface area contributed by atoms with Gasteiger partial charge in [0, 0.05) is 19.6 Å². The molecule has 0 saturated carbocycles. The van der Waals surface area contributed by atoms with Crippen LogP contribution in [0.2, 0.25) is 0 Å². The van der Waals surface area contributed by atoms with E-state index in [1.807, 2.05) is 36.4 Å². The van der Waals surface area contributed by atoms with E-state index in [1.165, 1.54) is 0 Å². The van der Waals surface area contributed by atoms with Crippen LogP contribution in [0.15, 0.2) is 49.6 Å². The Bertz CT molecular complexity index is 363. The van der Waals surface area contributed by atoms with E-state index in [0.717, 1.165) is 37.6 Å². The van der Waals surface area contributed by atoms with Gasteiger partial charge < -0.3 is 9.47 Å². The van der Waals surface area contributed by atoms with Crippen molar-refractivity contribution in [2.24, 2.45) is 0 Å². The summed E-state index contributed by atoms with van der Waals surface area (Å²) in [6, 6.07) is 7.64. The smallest absolute Gasteiger partial charge is 0.119 e. The molecular weight excluding hydrogens is 238 g/mol. The van der Waals surface area contributed by atoms with Crippen LogP contribution in [0.3, 0.4) is 0 Å². The minimum atomic E-state index is 0.705. The second-order valence-corrected chi connectivity index (χ2v) is 4.21. The Hall–Kier alpha value is -1.74. The molecule has 0 spiro atoms. The topological polar surface area (TPSA) is 21.7 Å². The summed E-state index contributed by atoms with van der Waals surface area (Å²) in [6.07, 6.45) is 4.80. The van der Waals surface area contributed by atoms with Gasteiger partial charge in [0.25, 0.3) is 0 Å². The van der Waals surface area contributed by atoms with Crippen LogP contribution in [0.1, 0.15) is 6.42 Å². The number of nitrogens with zero attached hydrogens (tertiary/aromatic N) is 1. The van der Waals surface area contributed by atoms with Crippen molar-refractivity contribution in [2.45, 2.75) is 6.42 Å². The number of benzene rings is 1. The molecule has 1 aromatic carbocycles. The van der Waals surface area contributed by atoms with Gasteiger partial charge in [-0.1, -0.05) is 12.2 Å². The molecule has 0 N–H and O–H groups in total. The van der Waals surface area contributed by atoms with Gasteiger partial charge in [0.05, 0.1) is 13.7 Å². The minimum absolute atomic E-state index is 0.705. The monoisotopic (exact) mass is 261 g/mol. The van der Waals surface area contributed by atoms with Crippen molar-refractivity contribution in [1.29, 1.82) is 0 Å². The van der Waals surface area contributed by atoms with Crippen LogP contribution < -0.4 is 9.47 Å². The van der Waals surface area contributed by atoms with E-state index >= 15 is 0 Å². The Morgan fingerprint density at radius 3 is 2.16 bits per heavy atom. The lowest BCUT2D eigenvalue weighted by atomic mass is 10.3. The van der Waals surface area contributed by atoms with Gasteiger partial charge in [0.1, 0.15) is 11.5 Å². The average molecular weight is 261 g/mol. The Morgan fingerprint density at radius 1 is 1.05 bits per heavy atom. The second kappa shape index (κ2) is 9.22. The van der Waals surface area contributed by atoms with Crippen molar-refractivity contribution in [3.8, 4) is 11.5 Å². The number of hydrogen-bond acceptors (Lipinski definition) is 3. The highest BCUT2D eigenvalue weighted by atomic mass is 16.5. The fourth-order valence-corrected chi connectivity index (χ4v) is 1.77. The highest BCUT2D eigenvalue weighted by Gasteiger charge is 2.00. The summed E-state index contributed by atoms with van der Waals surface area (Å²) in [4.78, 5) is 2.28. The van der Waals surface area contributed by atoms with Gasteiger partial charge >= 0.3 is 0 Å². The predicted octanol–water partition coefficient (Wildman–Crippen LogP) is 3.14. The molecule has 0 bridgehead atoms. The second-order valence-electron chi connectivity index (χ2n) is 4.21. The van der Waals surface area contributed by atoms with Gasteiger partial charge in [-0.3, -0.25) is 4.90 Å². The van der Waals surface area contributed by atoms with Crippen LogP contribution in [0.5, 0.6) is 11.5 Å². The third-order valence-corrected chi connectivity index (χ3v) is 2.72. The molecule has 3 nitrogen and oxygen atoms in total. The minimum Gasteiger partial charge on any atom is -0.497 e. The first-order valence-corrected chi connectivity index (χ1v) is 6.51. The first-order valence-electron chi connectivity index (χ1n) is 6.51. The largest absolute Gasteiger partial charge is 0.497 e. The molecule has 0 aromatic heterocycles. The SMILES string of the molecule is C=CCN(CC=C)CCCOc1ccc(OC)cc1. The van der Waals surface area contributed by atoms with Gasteiger partial charge in [-0.15, -0.1) is 13.2 Å². The molecule has 19 heavy (non-hydrogen) atoms. The third kappa shape index (κ3) is 6.11. The zero-order valence-corrected chi connectivity index (χ0v) is 11.7. The van der Waals surface area contributed by atoms with Crippen LogP contribution >= 0.6 is 0 Å². The summed E-state index contributed by atoms with van der Waals surface area (Å²) in [5, 5.41) is 0. The van der Waals surface area contributed by atoms with E-state index in [0.29, 0.717) is 6.61 Å². The normalized spacial score (nSPS) is 10.2. The van der Waals surface area contributed by atoms with Gasteiger partial charge in [0.2, 0.25) is 0 Å². The molecule has 104 valence electrons. The fourth-order valence-electron chi connectivity index (χ4n) is 1.77. The summed E-state index contributed by atoms with van der Waals surface area (Å²) in [6.45, 7) is 11.0. The van der Waals surface area contributed by atoms with Crippen molar-refractivity contribution in [2.75, 3.05) is 33.4 Å². The van der Waals surface area contributed by atoms with E-state index in [1.54, 1.807) is 7.11 Å². The molecule has 1 rings (SSSR count). The Morgan fingerprint density at radius 2 is 1.63 bits per heavy atom. The summed E-state index contributed by atoms with van der Waals surface area (Å²) < 4.78 is 10.8. The van der Waals surface area contributed by atoms with Crippen molar-refractivity contribution < 1.29 is 9.47 Å². The Balaban J connectivity index is 2.24. The Labute approximate surface area is 116 Å². The van der Waals surface area contributed by atoms with Crippen LogP contribution in [0, 0.1) is 0 Å². The molecule has 0 heterocycles. The van der Waals surface area contributed by atoms with Crippen molar-refractivity contribution in [3.63, 3.8) is 0 Å². The highest BCUT2D eigenvalue weighted by molar-refractivity contribution is 5.31. The predicted molar refractivity (Wildman–Crippen MR) is 79.9 cm³/mol. The summed E-state index contributed by atoms with van der Waals surface area (Å²) in [5.74, 6) is 1.72. The molecule has 0 amide bonds. The van der Waals surface area contributed by atoms with E-state index in [9.17, 15) is 0 Å². The maximum Gasteiger partial charge on any atom is 0.119 e. The lowest BCUT2D eigenvalue weighted by Crippen LogP contribution is -2.26. The van der Waals surface area contributed by atoms with Crippen LogP contribution in [0.4, 0.5) is 0 Å². The number of hydrogen-bond donors (Lipinski definition) is 0. The molecule has 0 aliphatic heterocycles. The summed E-state index contributed by atoms with van der Waals surface area (Å²) in [5.41, 5.74) is 0. The van der Waals surface area contributed by atoms with Crippen LogP contribution in [-0.2, 0) is 0 Å². The first kappa shape index (κ1) is 15.3. The van der Waals surface area contributed by atoms with Crippen LogP contribution in [0.25, 0.3) is 0 Å². The van der Waals surface area contributed by atoms with Gasteiger partial charge in [-0.25, -0.2) is 0 Å². The molecule has 0 fully saturated rings. The number of methoxy groups -OCH3 is 1. The average Bonchev–Trinajstić information content (AvgIpc) is 2.44. The zero-order valence-electron chi connectivity index (χ0n) is 11.7. The van der Waals surface area contributed by atoms with E-state index in [4.69, 9.17) is 9.47 Å². The number of ether oxygens (including phenoxy) is 2. The van der Waals surface area contributed by atoms with E-state index in [-0.39, 0.29) is 0 Å². The third-order valence-electron chi connectivity index (χ3n) is 2.72. The quantitative estimate of drug-likeness (QED) is 0.477. The molecule has 0 atom stereocenters. The highest BCUT2D eigenvalue weighted by Crippen LogP contribution is 2.16. The number of rotatable bonds is 10. The molecule has 0 aliphatic carbocycles. The zero-order chi connectivity index (χ0) is 13.9.